The molecule has 16 heavy (non-hydrogen) atoms. The van der Waals surface area contributed by atoms with Gasteiger partial charge in [0, 0.05) is 26.3 Å². The van der Waals surface area contributed by atoms with Crippen molar-refractivity contribution in [3.8, 4) is 0 Å². The third-order valence-corrected chi connectivity index (χ3v) is 3.24. The largest absolute Gasteiger partial charge is 0.337 e. The van der Waals surface area contributed by atoms with Crippen LogP contribution in [-0.2, 0) is 13.6 Å². The topological polar surface area (TPSA) is 47.1 Å². The quantitative estimate of drug-likeness (QED) is 0.864. The summed E-state index contributed by atoms with van der Waals surface area (Å²) in [6.45, 7) is 4.16. The Balaban J connectivity index is 0.00000128. The van der Waals surface area contributed by atoms with Crippen molar-refractivity contribution in [1.29, 1.82) is 0 Å². The molecule has 0 amide bonds. The summed E-state index contributed by atoms with van der Waals surface area (Å²) >= 11 is 0. The van der Waals surface area contributed by atoms with Gasteiger partial charge >= 0.3 is 0 Å². The van der Waals surface area contributed by atoms with Crippen molar-refractivity contribution in [3.05, 3.63) is 18.2 Å². The van der Waals surface area contributed by atoms with Gasteiger partial charge < -0.3 is 10.3 Å². The zero-order chi connectivity index (χ0) is 10.7. The predicted molar refractivity (Wildman–Crippen MR) is 67.5 cm³/mol. The molecule has 4 nitrogen and oxygen atoms in total. The van der Waals surface area contributed by atoms with E-state index in [-0.39, 0.29) is 12.4 Å². The summed E-state index contributed by atoms with van der Waals surface area (Å²) in [5.41, 5.74) is 7.01. The van der Waals surface area contributed by atoms with E-state index in [0.717, 1.165) is 19.6 Å². The number of rotatable bonds is 3. The lowest BCUT2D eigenvalue weighted by Crippen LogP contribution is -2.38. The molecule has 92 valence electrons. The van der Waals surface area contributed by atoms with Crippen LogP contribution < -0.4 is 5.73 Å². The van der Waals surface area contributed by atoms with Gasteiger partial charge in [0.1, 0.15) is 0 Å². The van der Waals surface area contributed by atoms with Gasteiger partial charge in [0.25, 0.3) is 0 Å². The Morgan fingerprint density at radius 1 is 1.56 bits per heavy atom. The standard InChI is InChI=1S/C11H20N4.ClH/c1-14-9-13-6-11(14)8-15-4-2-3-10(5-12)7-15;/h6,9-10H,2-5,7-8,12H2,1H3;1H. The van der Waals surface area contributed by atoms with Crippen LogP contribution in [0.1, 0.15) is 18.5 Å². The fraction of sp³-hybridized carbons (Fsp3) is 0.727. The minimum absolute atomic E-state index is 0. The normalized spacial score (nSPS) is 21.8. The van der Waals surface area contributed by atoms with Crippen LogP contribution in [0.4, 0.5) is 0 Å². The first-order valence-corrected chi connectivity index (χ1v) is 5.67. The highest BCUT2D eigenvalue weighted by molar-refractivity contribution is 5.85. The Labute approximate surface area is 103 Å². The van der Waals surface area contributed by atoms with Gasteiger partial charge in [-0.25, -0.2) is 4.98 Å². The highest BCUT2D eigenvalue weighted by atomic mass is 35.5. The number of aryl methyl sites for hydroxylation is 1. The molecule has 1 saturated heterocycles. The van der Waals surface area contributed by atoms with E-state index in [4.69, 9.17) is 5.73 Å². The number of aromatic nitrogens is 2. The zero-order valence-corrected chi connectivity index (χ0v) is 10.6. The van der Waals surface area contributed by atoms with Crippen molar-refractivity contribution in [2.75, 3.05) is 19.6 Å². The van der Waals surface area contributed by atoms with Gasteiger partial charge in [0.15, 0.2) is 0 Å². The van der Waals surface area contributed by atoms with E-state index >= 15 is 0 Å². The van der Waals surface area contributed by atoms with Gasteiger partial charge in [-0.2, -0.15) is 0 Å². The first-order chi connectivity index (χ1) is 7.29. The summed E-state index contributed by atoms with van der Waals surface area (Å²) in [6, 6.07) is 0. The minimum atomic E-state index is 0. The lowest BCUT2D eigenvalue weighted by Gasteiger charge is -2.31. The van der Waals surface area contributed by atoms with Gasteiger partial charge in [0.2, 0.25) is 0 Å². The molecule has 0 aliphatic carbocycles. The summed E-state index contributed by atoms with van der Waals surface area (Å²) < 4.78 is 2.09. The molecular formula is C11H21ClN4. The van der Waals surface area contributed by atoms with Crippen molar-refractivity contribution in [1.82, 2.24) is 14.5 Å². The molecule has 2 N–H and O–H groups in total. The molecule has 0 bridgehead atoms. The Bertz CT molecular complexity index is 313. The third kappa shape index (κ3) is 3.20. The Morgan fingerprint density at radius 3 is 3.00 bits per heavy atom. The molecule has 1 aliphatic heterocycles. The lowest BCUT2D eigenvalue weighted by atomic mass is 9.98. The summed E-state index contributed by atoms with van der Waals surface area (Å²) in [5, 5.41) is 0. The maximum Gasteiger partial charge on any atom is 0.0945 e. The highest BCUT2D eigenvalue weighted by Gasteiger charge is 2.19. The molecule has 0 radical (unpaired) electrons. The molecule has 1 atom stereocenters. The van der Waals surface area contributed by atoms with E-state index < -0.39 is 0 Å². The Kier molecular flexibility index (Phi) is 5.25. The number of nitrogens with two attached hydrogens (primary N) is 1. The number of imidazole rings is 1. The molecule has 1 aliphatic rings. The van der Waals surface area contributed by atoms with Crippen molar-refractivity contribution in [2.24, 2.45) is 18.7 Å². The Morgan fingerprint density at radius 2 is 2.38 bits per heavy atom. The average molecular weight is 245 g/mol. The summed E-state index contributed by atoms with van der Waals surface area (Å²) in [4.78, 5) is 6.62. The minimum Gasteiger partial charge on any atom is -0.337 e. The maximum atomic E-state index is 5.72. The number of halogens is 1. The van der Waals surface area contributed by atoms with Crippen LogP contribution >= 0.6 is 12.4 Å². The molecule has 0 spiro atoms. The van der Waals surface area contributed by atoms with Crippen LogP contribution in [0.25, 0.3) is 0 Å². The van der Waals surface area contributed by atoms with E-state index in [1.165, 1.54) is 25.1 Å². The van der Waals surface area contributed by atoms with Gasteiger partial charge in [-0.05, 0) is 31.8 Å². The summed E-state index contributed by atoms with van der Waals surface area (Å²) in [6.07, 6.45) is 6.38. The van der Waals surface area contributed by atoms with E-state index in [0.29, 0.717) is 5.92 Å². The lowest BCUT2D eigenvalue weighted by molar-refractivity contribution is 0.168. The molecule has 0 aromatic carbocycles. The molecular weight excluding hydrogens is 224 g/mol. The highest BCUT2D eigenvalue weighted by Crippen LogP contribution is 2.17. The molecule has 1 aromatic heterocycles. The van der Waals surface area contributed by atoms with Gasteiger partial charge in [-0.15, -0.1) is 12.4 Å². The number of hydrogen-bond donors (Lipinski definition) is 1. The SMILES string of the molecule is Cl.Cn1cncc1CN1CCCC(CN)C1. The van der Waals surface area contributed by atoms with Crippen molar-refractivity contribution < 1.29 is 0 Å². The first-order valence-electron chi connectivity index (χ1n) is 5.67. The van der Waals surface area contributed by atoms with Gasteiger partial charge in [-0.1, -0.05) is 0 Å². The monoisotopic (exact) mass is 244 g/mol. The number of hydrogen-bond acceptors (Lipinski definition) is 3. The van der Waals surface area contributed by atoms with Crippen LogP contribution in [0.15, 0.2) is 12.5 Å². The van der Waals surface area contributed by atoms with E-state index in [9.17, 15) is 0 Å². The van der Waals surface area contributed by atoms with Crippen LogP contribution in [0.3, 0.4) is 0 Å². The molecule has 1 fully saturated rings. The average Bonchev–Trinajstić information content (AvgIpc) is 2.65. The fourth-order valence-electron chi connectivity index (χ4n) is 2.25. The molecule has 5 heteroatoms. The zero-order valence-electron chi connectivity index (χ0n) is 9.80. The molecule has 0 saturated carbocycles. The molecule has 1 unspecified atom stereocenters. The third-order valence-electron chi connectivity index (χ3n) is 3.24. The van der Waals surface area contributed by atoms with E-state index in [1.54, 1.807) is 0 Å². The van der Waals surface area contributed by atoms with Crippen LogP contribution in [0.5, 0.6) is 0 Å². The van der Waals surface area contributed by atoms with Gasteiger partial charge in [-0.3, -0.25) is 4.90 Å². The van der Waals surface area contributed by atoms with Crippen molar-refractivity contribution >= 4 is 12.4 Å². The van der Waals surface area contributed by atoms with Crippen LogP contribution in [0.2, 0.25) is 0 Å². The number of piperidine rings is 1. The second-order valence-corrected chi connectivity index (χ2v) is 4.47. The fourth-order valence-corrected chi connectivity index (χ4v) is 2.25. The first kappa shape index (κ1) is 13.5. The Hall–Kier alpha value is -0.580. The molecule has 2 heterocycles. The molecule has 1 aromatic rings. The van der Waals surface area contributed by atoms with E-state index in [1.807, 2.05) is 19.6 Å². The number of likely N-dealkylation sites (tertiary alicyclic amines) is 1. The predicted octanol–water partition coefficient (Wildman–Crippen LogP) is 1.01. The van der Waals surface area contributed by atoms with Crippen LogP contribution in [0, 0.1) is 5.92 Å². The second-order valence-electron chi connectivity index (χ2n) is 4.47. The maximum absolute atomic E-state index is 5.72. The van der Waals surface area contributed by atoms with Crippen molar-refractivity contribution in [3.63, 3.8) is 0 Å². The summed E-state index contributed by atoms with van der Waals surface area (Å²) in [7, 11) is 2.05. The van der Waals surface area contributed by atoms with Crippen LogP contribution in [-0.4, -0.2) is 34.1 Å². The second kappa shape index (κ2) is 6.23. The van der Waals surface area contributed by atoms with E-state index in [2.05, 4.69) is 14.5 Å². The smallest absolute Gasteiger partial charge is 0.0945 e. The van der Waals surface area contributed by atoms with Gasteiger partial charge in [0.05, 0.1) is 12.0 Å². The number of nitrogens with zero attached hydrogens (tertiary/aromatic N) is 3. The molecule has 2 rings (SSSR count). The summed E-state index contributed by atoms with van der Waals surface area (Å²) in [5.74, 6) is 0.687. The van der Waals surface area contributed by atoms with Crippen molar-refractivity contribution in [2.45, 2.75) is 19.4 Å².